The first-order valence-corrected chi connectivity index (χ1v) is 14.9. The van der Waals surface area contributed by atoms with Crippen molar-refractivity contribution in [2.24, 2.45) is 0 Å². The third-order valence-electron chi connectivity index (χ3n) is 4.32. The Bertz CT molecular complexity index is 737. The fraction of sp³-hybridized carbons (Fsp3) is 0.250. The first-order chi connectivity index (χ1) is 14.1. The molecule has 0 spiro atoms. The summed E-state index contributed by atoms with van der Waals surface area (Å²) >= 11 is -0.706. The van der Waals surface area contributed by atoms with E-state index in [2.05, 4.69) is 0 Å². The molecule has 0 aliphatic carbocycles. The molecule has 0 aromatic heterocycles. The molecular formula is C24H30Cl2NbO3. The van der Waals surface area contributed by atoms with E-state index in [1.807, 2.05) is 96.1 Å². The molecule has 30 heavy (non-hydrogen) atoms. The van der Waals surface area contributed by atoms with Gasteiger partial charge in [-0.05, 0) is 74.9 Å². The van der Waals surface area contributed by atoms with Crippen LogP contribution in [0.5, 0.6) is 17.2 Å². The van der Waals surface area contributed by atoms with E-state index in [0.717, 1.165) is 33.4 Å². The second-order valence-electron chi connectivity index (χ2n) is 6.79. The molecule has 3 N–H and O–H groups in total. The summed E-state index contributed by atoms with van der Waals surface area (Å²) in [5.74, 6) is 1.24. The number of aryl methyl sites for hydroxylation is 6. The number of phenolic OH excluding ortho intramolecular Hbond substituents is 3. The van der Waals surface area contributed by atoms with Gasteiger partial charge in [-0.25, -0.2) is 0 Å². The average Bonchev–Trinajstić information content (AvgIpc) is 2.70. The van der Waals surface area contributed by atoms with Crippen molar-refractivity contribution in [3.05, 3.63) is 88.0 Å². The maximum absolute atomic E-state index is 9.21. The van der Waals surface area contributed by atoms with Crippen LogP contribution in [0.25, 0.3) is 0 Å². The van der Waals surface area contributed by atoms with Crippen molar-refractivity contribution in [1.82, 2.24) is 0 Å². The van der Waals surface area contributed by atoms with Crippen molar-refractivity contribution < 1.29 is 32.9 Å². The van der Waals surface area contributed by atoms with E-state index in [0.29, 0.717) is 17.2 Å². The van der Waals surface area contributed by atoms with Gasteiger partial charge in [0.25, 0.3) is 0 Å². The fourth-order valence-electron chi connectivity index (χ4n) is 2.42. The molecule has 0 atom stereocenters. The van der Waals surface area contributed by atoms with Crippen LogP contribution in [0.3, 0.4) is 0 Å². The fourth-order valence-corrected chi connectivity index (χ4v) is 2.42. The molecule has 3 rings (SSSR count). The van der Waals surface area contributed by atoms with Crippen LogP contribution in [-0.2, 0) is 17.6 Å². The van der Waals surface area contributed by atoms with E-state index >= 15 is 0 Å². The van der Waals surface area contributed by atoms with Crippen LogP contribution >= 0.6 is 18.4 Å². The summed E-state index contributed by atoms with van der Waals surface area (Å²) in [6, 6.07) is 17.2. The molecule has 3 aromatic rings. The normalized spacial score (nSPS) is 9.07. The molecule has 0 aliphatic heterocycles. The first kappa shape index (κ1) is 28.4. The summed E-state index contributed by atoms with van der Waals surface area (Å²) in [5.41, 5.74) is 5.64. The van der Waals surface area contributed by atoms with E-state index < -0.39 is 17.6 Å². The Balaban J connectivity index is 0.000000394. The van der Waals surface area contributed by atoms with Crippen LogP contribution in [-0.4, -0.2) is 15.3 Å². The summed E-state index contributed by atoms with van der Waals surface area (Å²) in [7, 11) is 9.83. The standard InChI is InChI=1S/3C8H10O.2ClH.Nb/c3*1-6-4-3-5-7(2)8(6)9;;;/h3*3-5,9H,1-2H3;2*1H;/q;;;;;+2/p-2. The van der Waals surface area contributed by atoms with E-state index in [1.165, 1.54) is 0 Å². The van der Waals surface area contributed by atoms with Gasteiger partial charge in [0.15, 0.2) is 0 Å². The Hall–Kier alpha value is -1.62. The van der Waals surface area contributed by atoms with Crippen LogP contribution in [0, 0.1) is 41.5 Å². The molecule has 3 aromatic carbocycles. The summed E-state index contributed by atoms with van der Waals surface area (Å²) in [4.78, 5) is 0. The SMILES string of the molecule is Cc1cccc(C)c1O.Cc1cccc(C)c1O.Cc1cccc(C)c1O.[Cl][Nb][Cl]. The second kappa shape index (κ2) is 15.2. The quantitative estimate of drug-likeness (QED) is 0.266. The van der Waals surface area contributed by atoms with Crippen LogP contribution in [0.15, 0.2) is 54.6 Å². The Morgan fingerprint density at radius 3 is 0.700 bits per heavy atom. The number of para-hydroxylation sites is 3. The maximum atomic E-state index is 9.21. The molecule has 0 saturated heterocycles. The number of aromatic hydroxyl groups is 3. The number of halogens is 2. The van der Waals surface area contributed by atoms with Crippen molar-refractivity contribution in [2.45, 2.75) is 41.5 Å². The van der Waals surface area contributed by atoms with Gasteiger partial charge >= 0.3 is 36.0 Å². The van der Waals surface area contributed by atoms with Gasteiger partial charge in [0.05, 0.1) is 0 Å². The minimum atomic E-state index is -0.706. The van der Waals surface area contributed by atoms with Crippen LogP contribution in [0.4, 0.5) is 0 Å². The van der Waals surface area contributed by atoms with Gasteiger partial charge in [0.1, 0.15) is 17.2 Å². The van der Waals surface area contributed by atoms with E-state index in [1.54, 1.807) is 0 Å². The van der Waals surface area contributed by atoms with Crippen LogP contribution in [0.1, 0.15) is 33.4 Å². The molecular weight excluding hydrogens is 500 g/mol. The molecule has 0 radical (unpaired) electrons. The monoisotopic (exact) mass is 529 g/mol. The molecule has 0 heterocycles. The number of rotatable bonds is 0. The molecule has 0 fully saturated rings. The summed E-state index contributed by atoms with van der Waals surface area (Å²) in [6.45, 7) is 11.3. The Morgan fingerprint density at radius 1 is 0.467 bits per heavy atom. The van der Waals surface area contributed by atoms with Gasteiger partial charge in [-0.2, -0.15) is 0 Å². The predicted octanol–water partition coefficient (Wildman–Crippen LogP) is 7.40. The number of hydrogen-bond donors (Lipinski definition) is 3. The first-order valence-electron chi connectivity index (χ1n) is 9.24. The summed E-state index contributed by atoms with van der Waals surface area (Å²) in [5, 5.41) is 27.6. The van der Waals surface area contributed by atoms with Crippen molar-refractivity contribution in [2.75, 3.05) is 0 Å². The van der Waals surface area contributed by atoms with Gasteiger partial charge < -0.3 is 15.3 Å². The van der Waals surface area contributed by atoms with Gasteiger partial charge in [-0.1, -0.05) is 54.6 Å². The zero-order valence-electron chi connectivity index (χ0n) is 18.2. The Labute approximate surface area is 197 Å². The molecule has 0 saturated carbocycles. The van der Waals surface area contributed by atoms with Crippen LogP contribution in [0.2, 0.25) is 0 Å². The number of benzene rings is 3. The van der Waals surface area contributed by atoms with Gasteiger partial charge in [-0.3, -0.25) is 0 Å². The third kappa shape index (κ3) is 10.4. The van der Waals surface area contributed by atoms with E-state index in [9.17, 15) is 15.3 Å². The van der Waals surface area contributed by atoms with Crippen molar-refractivity contribution in [3.8, 4) is 17.2 Å². The van der Waals surface area contributed by atoms with Crippen LogP contribution < -0.4 is 0 Å². The van der Waals surface area contributed by atoms with Gasteiger partial charge in [-0.15, -0.1) is 0 Å². The summed E-state index contributed by atoms with van der Waals surface area (Å²) in [6.07, 6.45) is 0. The van der Waals surface area contributed by atoms with Crippen molar-refractivity contribution in [1.29, 1.82) is 0 Å². The number of hydrogen-bond acceptors (Lipinski definition) is 3. The number of phenols is 3. The second-order valence-corrected chi connectivity index (χ2v) is 10.1. The van der Waals surface area contributed by atoms with E-state index in [-0.39, 0.29) is 0 Å². The van der Waals surface area contributed by atoms with Gasteiger partial charge in [0.2, 0.25) is 0 Å². The Kier molecular flexibility index (Phi) is 14.4. The predicted molar refractivity (Wildman–Crippen MR) is 124 cm³/mol. The Morgan fingerprint density at radius 2 is 0.600 bits per heavy atom. The molecule has 6 heteroatoms. The summed E-state index contributed by atoms with van der Waals surface area (Å²) < 4.78 is 0. The van der Waals surface area contributed by atoms with Crippen molar-refractivity contribution in [3.63, 3.8) is 0 Å². The average molecular weight is 530 g/mol. The molecule has 0 aliphatic rings. The topological polar surface area (TPSA) is 60.7 Å². The molecule has 0 amide bonds. The molecule has 0 bridgehead atoms. The van der Waals surface area contributed by atoms with Crippen molar-refractivity contribution >= 4 is 18.4 Å². The molecule has 0 unspecified atom stereocenters. The minimum absolute atomic E-state index is 0.414. The molecule has 163 valence electrons. The van der Waals surface area contributed by atoms with Gasteiger partial charge in [0, 0.05) is 0 Å². The third-order valence-corrected chi connectivity index (χ3v) is 4.32. The zero-order valence-corrected chi connectivity index (χ0v) is 22.0. The molecule has 3 nitrogen and oxygen atoms in total. The van der Waals surface area contributed by atoms with E-state index in [4.69, 9.17) is 18.4 Å². The zero-order chi connectivity index (χ0) is 23.3.